The van der Waals surface area contributed by atoms with Crippen molar-refractivity contribution in [2.45, 2.75) is 51.6 Å². The Morgan fingerprint density at radius 3 is 2.26 bits per heavy atom. The SMILES string of the molecule is CC(C)C(=O)Nc1ccc(CNC(=O)C2(N)CCCC2)cc1.Cl. The largest absolute Gasteiger partial charge is 0.350 e. The van der Waals surface area contributed by atoms with Crippen LogP contribution >= 0.6 is 12.4 Å². The molecule has 0 unspecified atom stereocenters. The molecule has 2 rings (SSSR count). The van der Waals surface area contributed by atoms with Crippen LogP contribution in [0, 0.1) is 5.92 Å². The van der Waals surface area contributed by atoms with E-state index < -0.39 is 5.54 Å². The number of hydrogen-bond donors (Lipinski definition) is 3. The molecule has 0 aliphatic heterocycles. The van der Waals surface area contributed by atoms with Crippen LogP contribution in [-0.2, 0) is 16.1 Å². The van der Waals surface area contributed by atoms with E-state index in [-0.39, 0.29) is 30.1 Å². The predicted molar refractivity (Wildman–Crippen MR) is 94.4 cm³/mol. The minimum atomic E-state index is -0.689. The number of anilines is 1. The third kappa shape index (κ3) is 5.22. The Morgan fingerprint density at radius 1 is 1.17 bits per heavy atom. The summed E-state index contributed by atoms with van der Waals surface area (Å²) in [5.41, 5.74) is 7.17. The molecule has 1 aromatic rings. The lowest BCUT2D eigenvalue weighted by atomic mass is 9.98. The number of rotatable bonds is 5. The molecule has 1 saturated carbocycles. The zero-order valence-electron chi connectivity index (χ0n) is 13.7. The van der Waals surface area contributed by atoms with Crippen LogP contribution in [0.1, 0.15) is 45.1 Å². The van der Waals surface area contributed by atoms with Crippen LogP contribution in [0.25, 0.3) is 0 Å². The van der Waals surface area contributed by atoms with Crippen molar-refractivity contribution in [3.63, 3.8) is 0 Å². The van der Waals surface area contributed by atoms with Gasteiger partial charge in [0.2, 0.25) is 11.8 Å². The van der Waals surface area contributed by atoms with E-state index in [9.17, 15) is 9.59 Å². The van der Waals surface area contributed by atoms with Gasteiger partial charge in [-0.2, -0.15) is 0 Å². The molecular weight excluding hydrogens is 314 g/mol. The van der Waals surface area contributed by atoms with Crippen molar-refractivity contribution >= 4 is 29.9 Å². The topological polar surface area (TPSA) is 84.2 Å². The van der Waals surface area contributed by atoms with E-state index in [1.165, 1.54) is 0 Å². The lowest BCUT2D eigenvalue weighted by Gasteiger charge is -2.22. The fourth-order valence-electron chi connectivity index (χ4n) is 2.58. The van der Waals surface area contributed by atoms with Crippen molar-refractivity contribution in [3.05, 3.63) is 29.8 Å². The van der Waals surface area contributed by atoms with Crippen molar-refractivity contribution in [1.29, 1.82) is 0 Å². The first-order chi connectivity index (χ1) is 10.4. The van der Waals surface area contributed by atoms with E-state index in [0.717, 1.165) is 36.9 Å². The van der Waals surface area contributed by atoms with Crippen molar-refractivity contribution in [2.24, 2.45) is 11.7 Å². The second-order valence-electron chi connectivity index (χ2n) is 6.39. The Balaban J connectivity index is 0.00000264. The van der Waals surface area contributed by atoms with Crippen LogP contribution < -0.4 is 16.4 Å². The van der Waals surface area contributed by atoms with E-state index in [1.54, 1.807) is 0 Å². The predicted octanol–water partition coefficient (Wildman–Crippen LogP) is 2.59. The van der Waals surface area contributed by atoms with Gasteiger partial charge in [-0.05, 0) is 30.5 Å². The Labute approximate surface area is 143 Å². The number of nitrogens with two attached hydrogens (primary N) is 1. The Hall–Kier alpha value is -1.59. The third-order valence-corrected chi connectivity index (χ3v) is 4.15. The van der Waals surface area contributed by atoms with Gasteiger partial charge in [-0.3, -0.25) is 9.59 Å². The highest BCUT2D eigenvalue weighted by Gasteiger charge is 2.36. The molecule has 0 heterocycles. The Bertz CT molecular complexity index is 537. The van der Waals surface area contributed by atoms with Gasteiger partial charge in [-0.15, -0.1) is 12.4 Å². The molecule has 1 aromatic carbocycles. The summed E-state index contributed by atoms with van der Waals surface area (Å²) in [5.74, 6) is -0.124. The molecule has 128 valence electrons. The molecule has 0 bridgehead atoms. The summed E-state index contributed by atoms with van der Waals surface area (Å²) in [6.07, 6.45) is 3.57. The second-order valence-corrected chi connectivity index (χ2v) is 6.39. The van der Waals surface area contributed by atoms with Gasteiger partial charge in [0.05, 0.1) is 5.54 Å². The fraction of sp³-hybridized carbons (Fsp3) is 0.529. The molecule has 0 saturated heterocycles. The molecule has 1 aliphatic rings. The molecule has 0 radical (unpaired) electrons. The smallest absolute Gasteiger partial charge is 0.240 e. The molecule has 23 heavy (non-hydrogen) atoms. The van der Waals surface area contributed by atoms with Crippen molar-refractivity contribution in [2.75, 3.05) is 5.32 Å². The van der Waals surface area contributed by atoms with E-state index in [2.05, 4.69) is 10.6 Å². The summed E-state index contributed by atoms with van der Waals surface area (Å²) in [4.78, 5) is 23.7. The first-order valence-corrected chi connectivity index (χ1v) is 7.88. The minimum Gasteiger partial charge on any atom is -0.350 e. The normalized spacial score (nSPS) is 15.8. The van der Waals surface area contributed by atoms with Gasteiger partial charge in [0, 0.05) is 18.2 Å². The van der Waals surface area contributed by atoms with Crippen LogP contribution in [0.3, 0.4) is 0 Å². The van der Waals surface area contributed by atoms with Crippen molar-refractivity contribution in [1.82, 2.24) is 5.32 Å². The lowest BCUT2D eigenvalue weighted by Crippen LogP contribution is -2.51. The fourth-order valence-corrected chi connectivity index (χ4v) is 2.58. The summed E-state index contributed by atoms with van der Waals surface area (Å²) < 4.78 is 0. The van der Waals surface area contributed by atoms with Gasteiger partial charge < -0.3 is 16.4 Å². The zero-order chi connectivity index (χ0) is 16.2. The minimum absolute atomic E-state index is 0. The first kappa shape index (κ1) is 19.5. The van der Waals surface area contributed by atoms with Crippen LogP contribution in [0.15, 0.2) is 24.3 Å². The number of carbonyl (C=O) groups is 2. The standard InChI is InChI=1S/C17H25N3O2.ClH/c1-12(2)15(21)20-14-7-5-13(6-8-14)11-19-16(22)17(18)9-3-4-10-17;/h5-8,12H,3-4,9-11,18H2,1-2H3,(H,19,22)(H,20,21);1H. The second kappa shape index (κ2) is 8.31. The summed E-state index contributed by atoms with van der Waals surface area (Å²) in [6, 6.07) is 7.48. The van der Waals surface area contributed by atoms with Crippen LogP contribution in [0.4, 0.5) is 5.69 Å². The average Bonchev–Trinajstić information content (AvgIpc) is 2.94. The molecule has 1 aliphatic carbocycles. The highest BCUT2D eigenvalue weighted by Crippen LogP contribution is 2.27. The molecule has 5 nitrogen and oxygen atoms in total. The summed E-state index contributed by atoms with van der Waals surface area (Å²) in [5, 5.41) is 5.75. The van der Waals surface area contributed by atoms with E-state index in [1.807, 2.05) is 38.1 Å². The molecular formula is C17H26ClN3O2. The number of nitrogens with one attached hydrogen (secondary N) is 2. The van der Waals surface area contributed by atoms with E-state index >= 15 is 0 Å². The van der Waals surface area contributed by atoms with E-state index in [0.29, 0.717) is 6.54 Å². The highest BCUT2D eigenvalue weighted by atomic mass is 35.5. The highest BCUT2D eigenvalue weighted by molar-refractivity contribution is 5.92. The lowest BCUT2D eigenvalue weighted by molar-refractivity contribution is -0.126. The first-order valence-electron chi connectivity index (χ1n) is 7.88. The van der Waals surface area contributed by atoms with Gasteiger partial charge in [0.25, 0.3) is 0 Å². The molecule has 0 spiro atoms. The molecule has 2 amide bonds. The van der Waals surface area contributed by atoms with Gasteiger partial charge in [0.1, 0.15) is 0 Å². The Morgan fingerprint density at radius 2 is 1.74 bits per heavy atom. The molecule has 0 aromatic heterocycles. The van der Waals surface area contributed by atoms with Crippen LogP contribution in [-0.4, -0.2) is 17.4 Å². The summed E-state index contributed by atoms with van der Waals surface area (Å²) >= 11 is 0. The molecule has 1 fully saturated rings. The summed E-state index contributed by atoms with van der Waals surface area (Å²) in [7, 11) is 0. The monoisotopic (exact) mass is 339 g/mol. The van der Waals surface area contributed by atoms with Crippen LogP contribution in [0.2, 0.25) is 0 Å². The van der Waals surface area contributed by atoms with Gasteiger partial charge in [-0.1, -0.05) is 38.8 Å². The van der Waals surface area contributed by atoms with Gasteiger partial charge in [-0.25, -0.2) is 0 Å². The number of amides is 2. The molecule has 6 heteroatoms. The van der Waals surface area contributed by atoms with Crippen molar-refractivity contribution in [3.8, 4) is 0 Å². The van der Waals surface area contributed by atoms with Gasteiger partial charge in [0.15, 0.2) is 0 Å². The summed E-state index contributed by atoms with van der Waals surface area (Å²) in [6.45, 7) is 4.16. The zero-order valence-corrected chi connectivity index (χ0v) is 14.5. The maximum absolute atomic E-state index is 12.1. The van der Waals surface area contributed by atoms with E-state index in [4.69, 9.17) is 5.73 Å². The maximum Gasteiger partial charge on any atom is 0.240 e. The van der Waals surface area contributed by atoms with Crippen LogP contribution in [0.5, 0.6) is 0 Å². The molecule has 0 atom stereocenters. The Kier molecular flexibility index (Phi) is 7.03. The number of carbonyl (C=O) groups excluding carboxylic acids is 2. The number of benzene rings is 1. The quantitative estimate of drug-likeness (QED) is 0.770. The third-order valence-electron chi connectivity index (χ3n) is 4.15. The van der Waals surface area contributed by atoms with Gasteiger partial charge >= 0.3 is 0 Å². The molecule has 4 N–H and O–H groups in total. The average molecular weight is 340 g/mol. The van der Waals surface area contributed by atoms with Crippen molar-refractivity contribution < 1.29 is 9.59 Å². The maximum atomic E-state index is 12.1. The number of halogens is 1. The number of hydrogen-bond acceptors (Lipinski definition) is 3.